The van der Waals surface area contributed by atoms with Gasteiger partial charge in [-0.25, -0.2) is 0 Å². The number of hydrogen-bond acceptors (Lipinski definition) is 0. The molecule has 3 rings (SSSR count). The summed E-state index contributed by atoms with van der Waals surface area (Å²) in [5, 5.41) is 3.14. The number of hydrogen-bond donors (Lipinski definition) is 0. The van der Waals surface area contributed by atoms with Crippen LogP contribution in [0.4, 0.5) is 0 Å². The van der Waals surface area contributed by atoms with Gasteiger partial charge in [-0.3, -0.25) is 0 Å². The molecular formula is C16H10Cl. The SMILES string of the molecule is Clc1ccc2cc(-c3[c]cccc3)ccc2c1. The van der Waals surface area contributed by atoms with Gasteiger partial charge in [0, 0.05) is 5.02 Å². The smallest absolute Gasteiger partial charge is 0.0412 e. The zero-order chi connectivity index (χ0) is 11.7. The molecule has 3 aromatic rings. The van der Waals surface area contributed by atoms with Crippen LogP contribution in [-0.2, 0) is 0 Å². The Morgan fingerprint density at radius 1 is 0.824 bits per heavy atom. The molecule has 3 aromatic carbocycles. The summed E-state index contributed by atoms with van der Waals surface area (Å²) in [7, 11) is 0. The lowest BCUT2D eigenvalue weighted by Crippen LogP contribution is -1.79. The van der Waals surface area contributed by atoms with Crippen LogP contribution in [-0.4, -0.2) is 0 Å². The van der Waals surface area contributed by atoms with Gasteiger partial charge in [-0.15, -0.1) is 0 Å². The Kier molecular flexibility index (Phi) is 2.58. The minimum atomic E-state index is 0.775. The van der Waals surface area contributed by atoms with Crippen molar-refractivity contribution in [1.29, 1.82) is 0 Å². The molecule has 0 bridgehead atoms. The number of fused-ring (bicyclic) bond motifs is 1. The van der Waals surface area contributed by atoms with Gasteiger partial charge >= 0.3 is 0 Å². The predicted octanol–water partition coefficient (Wildman–Crippen LogP) is 4.96. The average molecular weight is 238 g/mol. The molecule has 0 atom stereocenters. The van der Waals surface area contributed by atoms with Gasteiger partial charge < -0.3 is 0 Å². The van der Waals surface area contributed by atoms with Crippen molar-refractivity contribution >= 4 is 22.4 Å². The van der Waals surface area contributed by atoms with E-state index in [2.05, 4.69) is 30.3 Å². The summed E-state index contributed by atoms with van der Waals surface area (Å²) in [6.45, 7) is 0. The van der Waals surface area contributed by atoms with Crippen LogP contribution < -0.4 is 0 Å². The van der Waals surface area contributed by atoms with Crippen molar-refractivity contribution in [2.24, 2.45) is 0 Å². The Bertz CT molecular complexity index is 657. The first-order valence-corrected chi connectivity index (χ1v) is 5.87. The molecule has 0 amide bonds. The van der Waals surface area contributed by atoms with Gasteiger partial charge in [-0.2, -0.15) is 0 Å². The largest absolute Gasteiger partial charge is 0.0843 e. The van der Waals surface area contributed by atoms with E-state index in [-0.39, 0.29) is 0 Å². The van der Waals surface area contributed by atoms with Gasteiger partial charge in [0.2, 0.25) is 0 Å². The second-order valence-corrected chi connectivity index (χ2v) is 4.42. The molecular weight excluding hydrogens is 228 g/mol. The van der Waals surface area contributed by atoms with Crippen LogP contribution in [0.25, 0.3) is 21.9 Å². The Balaban J connectivity index is 2.17. The van der Waals surface area contributed by atoms with Crippen LogP contribution in [0.2, 0.25) is 5.02 Å². The average Bonchev–Trinajstić information content (AvgIpc) is 2.39. The lowest BCUT2D eigenvalue weighted by atomic mass is 10.0. The molecule has 0 nitrogen and oxygen atoms in total. The lowest BCUT2D eigenvalue weighted by molar-refractivity contribution is 1.63. The van der Waals surface area contributed by atoms with E-state index in [9.17, 15) is 0 Å². The maximum Gasteiger partial charge on any atom is 0.0412 e. The second-order valence-electron chi connectivity index (χ2n) is 3.98. The quantitative estimate of drug-likeness (QED) is 0.561. The fourth-order valence-electron chi connectivity index (χ4n) is 1.96. The van der Waals surface area contributed by atoms with Crippen molar-refractivity contribution in [3.05, 3.63) is 71.8 Å². The molecule has 0 saturated heterocycles. The van der Waals surface area contributed by atoms with Gasteiger partial charge in [0.05, 0.1) is 0 Å². The molecule has 0 aromatic heterocycles. The first-order chi connectivity index (χ1) is 8.33. The van der Waals surface area contributed by atoms with E-state index in [1.165, 1.54) is 10.9 Å². The molecule has 0 saturated carbocycles. The highest BCUT2D eigenvalue weighted by molar-refractivity contribution is 6.31. The standard InChI is InChI=1S/C16H10Cl/c17-16-9-8-14-10-13(6-7-15(14)11-16)12-4-2-1-3-5-12/h1-4,6-11H. The minimum Gasteiger partial charge on any atom is -0.0843 e. The van der Waals surface area contributed by atoms with Gasteiger partial charge in [-0.05, 0) is 46.2 Å². The summed E-state index contributed by atoms with van der Waals surface area (Å²) in [5.41, 5.74) is 2.30. The second kappa shape index (κ2) is 4.23. The highest BCUT2D eigenvalue weighted by Crippen LogP contribution is 2.25. The van der Waals surface area contributed by atoms with Crippen LogP contribution in [0.15, 0.2) is 60.7 Å². The molecule has 17 heavy (non-hydrogen) atoms. The van der Waals surface area contributed by atoms with E-state index in [0.717, 1.165) is 16.0 Å². The van der Waals surface area contributed by atoms with Crippen LogP contribution >= 0.6 is 11.6 Å². The van der Waals surface area contributed by atoms with Crippen molar-refractivity contribution in [3.8, 4) is 11.1 Å². The van der Waals surface area contributed by atoms with Gasteiger partial charge in [0.1, 0.15) is 0 Å². The summed E-state index contributed by atoms with van der Waals surface area (Å²) in [6, 6.07) is 23.5. The van der Waals surface area contributed by atoms with E-state index in [0.29, 0.717) is 0 Å². The van der Waals surface area contributed by atoms with Gasteiger partial charge in [0.15, 0.2) is 0 Å². The molecule has 0 aliphatic rings. The third-order valence-corrected chi connectivity index (χ3v) is 3.06. The summed E-state index contributed by atoms with van der Waals surface area (Å²) in [6.07, 6.45) is 0. The van der Waals surface area contributed by atoms with Crippen molar-refractivity contribution in [2.45, 2.75) is 0 Å². The van der Waals surface area contributed by atoms with Crippen molar-refractivity contribution in [3.63, 3.8) is 0 Å². The van der Waals surface area contributed by atoms with Crippen LogP contribution in [0.3, 0.4) is 0 Å². The van der Waals surface area contributed by atoms with Crippen LogP contribution in [0, 0.1) is 6.07 Å². The molecule has 0 heterocycles. The Hall–Kier alpha value is -1.79. The van der Waals surface area contributed by atoms with Crippen LogP contribution in [0.1, 0.15) is 0 Å². The third-order valence-electron chi connectivity index (χ3n) is 2.82. The Morgan fingerprint density at radius 3 is 2.47 bits per heavy atom. The molecule has 0 spiro atoms. The van der Waals surface area contributed by atoms with E-state index >= 15 is 0 Å². The van der Waals surface area contributed by atoms with Crippen molar-refractivity contribution < 1.29 is 0 Å². The van der Waals surface area contributed by atoms with Gasteiger partial charge in [0.25, 0.3) is 0 Å². The van der Waals surface area contributed by atoms with Crippen LogP contribution in [0.5, 0.6) is 0 Å². The normalized spacial score (nSPS) is 10.6. The van der Waals surface area contributed by atoms with Gasteiger partial charge in [-0.1, -0.05) is 54.1 Å². The predicted molar refractivity (Wildman–Crippen MR) is 73.2 cm³/mol. The number of benzene rings is 3. The van der Waals surface area contributed by atoms with E-state index < -0.39 is 0 Å². The Labute approximate surface area is 105 Å². The minimum absolute atomic E-state index is 0.775. The monoisotopic (exact) mass is 237 g/mol. The molecule has 0 unspecified atom stereocenters. The zero-order valence-corrected chi connectivity index (χ0v) is 9.91. The van der Waals surface area contributed by atoms with E-state index in [1.807, 2.05) is 36.4 Å². The summed E-state index contributed by atoms with van der Waals surface area (Å²) in [4.78, 5) is 0. The zero-order valence-electron chi connectivity index (χ0n) is 9.15. The molecule has 0 aliphatic heterocycles. The van der Waals surface area contributed by atoms with Crippen molar-refractivity contribution in [2.75, 3.05) is 0 Å². The Morgan fingerprint density at radius 2 is 1.65 bits per heavy atom. The molecule has 0 N–H and O–H groups in total. The number of halogens is 1. The summed E-state index contributed by atoms with van der Waals surface area (Å²) >= 11 is 5.97. The maximum absolute atomic E-state index is 5.97. The van der Waals surface area contributed by atoms with E-state index in [1.54, 1.807) is 0 Å². The molecule has 0 aliphatic carbocycles. The lowest BCUT2D eigenvalue weighted by Gasteiger charge is -2.04. The third kappa shape index (κ3) is 2.04. The highest BCUT2D eigenvalue weighted by atomic mass is 35.5. The maximum atomic E-state index is 5.97. The summed E-state index contributed by atoms with van der Waals surface area (Å²) < 4.78 is 0. The molecule has 1 radical (unpaired) electrons. The molecule has 1 heteroatoms. The fourth-order valence-corrected chi connectivity index (χ4v) is 2.14. The first kappa shape index (κ1) is 10.4. The fraction of sp³-hybridized carbons (Fsp3) is 0. The topological polar surface area (TPSA) is 0 Å². The molecule has 0 fully saturated rings. The van der Waals surface area contributed by atoms with Crippen molar-refractivity contribution in [1.82, 2.24) is 0 Å². The first-order valence-electron chi connectivity index (χ1n) is 5.49. The van der Waals surface area contributed by atoms with E-state index in [4.69, 9.17) is 11.6 Å². The summed E-state index contributed by atoms with van der Waals surface area (Å²) in [5.74, 6) is 0. The molecule has 81 valence electrons. The highest BCUT2D eigenvalue weighted by Gasteiger charge is 1.99. The number of rotatable bonds is 1.